The van der Waals surface area contributed by atoms with E-state index in [0.717, 1.165) is 0 Å². The minimum atomic E-state index is -4.71. The summed E-state index contributed by atoms with van der Waals surface area (Å²) in [5.41, 5.74) is -0.535. The van der Waals surface area contributed by atoms with Gasteiger partial charge < -0.3 is 14.9 Å². The van der Waals surface area contributed by atoms with Gasteiger partial charge in [0.25, 0.3) is 0 Å². The lowest BCUT2D eigenvalue weighted by Gasteiger charge is -2.33. The third kappa shape index (κ3) is 4.49. The molecule has 0 amide bonds. The lowest BCUT2D eigenvalue weighted by molar-refractivity contribution is -0.243. The Morgan fingerprint density at radius 1 is 1.24 bits per heavy atom. The van der Waals surface area contributed by atoms with Crippen LogP contribution in [0, 0.1) is 5.92 Å². The molecule has 0 saturated heterocycles. The van der Waals surface area contributed by atoms with Gasteiger partial charge in [0, 0.05) is 10.6 Å². The normalized spacial score (nSPS) is 14.4. The van der Waals surface area contributed by atoms with E-state index in [1.165, 1.54) is 13.2 Å². The monoisotopic (exact) mass is 326 g/mol. The SMILES string of the molecule is COc1ccc(Cl)cc1C(C)(C)CC(C(O)O)C(F)(F)F. The van der Waals surface area contributed by atoms with Crippen LogP contribution in [0.1, 0.15) is 25.8 Å². The Morgan fingerprint density at radius 3 is 2.24 bits per heavy atom. The zero-order chi connectivity index (χ0) is 16.4. The van der Waals surface area contributed by atoms with Gasteiger partial charge in [0.05, 0.1) is 7.11 Å². The van der Waals surface area contributed by atoms with Crippen LogP contribution in [0.15, 0.2) is 18.2 Å². The predicted molar refractivity (Wildman–Crippen MR) is 73.4 cm³/mol. The molecule has 0 radical (unpaired) electrons. The van der Waals surface area contributed by atoms with Crippen molar-refractivity contribution in [3.63, 3.8) is 0 Å². The van der Waals surface area contributed by atoms with Crippen LogP contribution in [-0.4, -0.2) is 29.8 Å². The molecule has 2 N–H and O–H groups in total. The van der Waals surface area contributed by atoms with Crippen LogP contribution in [0.5, 0.6) is 5.75 Å². The van der Waals surface area contributed by atoms with E-state index in [9.17, 15) is 13.2 Å². The van der Waals surface area contributed by atoms with Crippen LogP contribution in [0.3, 0.4) is 0 Å². The molecule has 1 aromatic carbocycles. The summed E-state index contributed by atoms with van der Waals surface area (Å²) in [6, 6.07) is 4.66. The highest BCUT2D eigenvalue weighted by atomic mass is 35.5. The van der Waals surface area contributed by atoms with Gasteiger partial charge in [-0.1, -0.05) is 25.4 Å². The van der Waals surface area contributed by atoms with Crippen LogP contribution in [0.25, 0.3) is 0 Å². The minimum absolute atomic E-state index is 0.368. The van der Waals surface area contributed by atoms with E-state index in [4.69, 9.17) is 26.6 Å². The summed E-state index contributed by atoms with van der Waals surface area (Å²) in [5.74, 6) is -1.85. The average Bonchev–Trinajstić information content (AvgIpc) is 2.34. The summed E-state index contributed by atoms with van der Waals surface area (Å²) in [6.45, 7) is 3.14. The molecule has 0 aromatic heterocycles. The summed E-state index contributed by atoms with van der Waals surface area (Å²) in [6.07, 6.45) is -7.70. The summed E-state index contributed by atoms with van der Waals surface area (Å²) in [7, 11) is 1.41. The zero-order valence-corrected chi connectivity index (χ0v) is 12.7. The number of aliphatic hydroxyl groups excluding tert-OH is 1. The summed E-state index contributed by atoms with van der Waals surface area (Å²) in [4.78, 5) is 0. The number of rotatable bonds is 5. The second-order valence-corrected chi connectivity index (χ2v) is 5.93. The van der Waals surface area contributed by atoms with Crippen molar-refractivity contribution in [3.8, 4) is 5.75 Å². The van der Waals surface area contributed by atoms with E-state index >= 15 is 0 Å². The van der Waals surface area contributed by atoms with E-state index in [1.807, 2.05) is 0 Å². The Labute approximate surface area is 126 Å². The fourth-order valence-corrected chi connectivity index (χ4v) is 2.43. The zero-order valence-electron chi connectivity index (χ0n) is 11.9. The highest BCUT2D eigenvalue weighted by Crippen LogP contribution is 2.42. The smallest absolute Gasteiger partial charge is 0.396 e. The van der Waals surface area contributed by atoms with Crippen LogP contribution in [0.2, 0.25) is 5.02 Å². The first kappa shape index (κ1) is 18.1. The molecular formula is C14H18ClF3O3. The second-order valence-electron chi connectivity index (χ2n) is 5.49. The maximum atomic E-state index is 12.9. The van der Waals surface area contributed by atoms with Crippen LogP contribution in [-0.2, 0) is 5.41 Å². The number of halogens is 4. The lowest BCUT2D eigenvalue weighted by atomic mass is 9.76. The summed E-state index contributed by atoms with van der Waals surface area (Å²) < 4.78 is 43.9. The van der Waals surface area contributed by atoms with Crippen molar-refractivity contribution in [2.75, 3.05) is 7.11 Å². The van der Waals surface area contributed by atoms with Crippen molar-refractivity contribution >= 4 is 11.6 Å². The highest BCUT2D eigenvalue weighted by molar-refractivity contribution is 6.30. The minimum Gasteiger partial charge on any atom is -0.496 e. The molecule has 120 valence electrons. The number of benzene rings is 1. The van der Waals surface area contributed by atoms with E-state index in [-0.39, 0.29) is 0 Å². The Balaban J connectivity index is 3.18. The molecule has 1 unspecified atom stereocenters. The third-order valence-electron chi connectivity index (χ3n) is 3.40. The van der Waals surface area contributed by atoms with Crippen LogP contribution >= 0.6 is 11.6 Å². The van der Waals surface area contributed by atoms with Crippen molar-refractivity contribution in [1.82, 2.24) is 0 Å². The molecule has 0 heterocycles. The number of hydrogen-bond donors (Lipinski definition) is 2. The molecule has 7 heteroatoms. The fourth-order valence-electron chi connectivity index (χ4n) is 2.26. The third-order valence-corrected chi connectivity index (χ3v) is 3.64. The van der Waals surface area contributed by atoms with Crippen molar-refractivity contribution in [2.45, 2.75) is 38.1 Å². The molecule has 0 spiro atoms. The number of ether oxygens (including phenoxy) is 1. The molecular weight excluding hydrogens is 309 g/mol. The van der Waals surface area contributed by atoms with Gasteiger partial charge in [-0.25, -0.2) is 0 Å². The van der Waals surface area contributed by atoms with Gasteiger partial charge in [0.1, 0.15) is 11.7 Å². The first-order chi connectivity index (χ1) is 9.49. The number of methoxy groups -OCH3 is 1. The molecule has 0 fully saturated rings. The quantitative estimate of drug-likeness (QED) is 0.814. The second kappa shape index (κ2) is 6.42. The topological polar surface area (TPSA) is 49.7 Å². The van der Waals surface area contributed by atoms with E-state index in [0.29, 0.717) is 16.3 Å². The van der Waals surface area contributed by atoms with Gasteiger partial charge in [-0.05, 0) is 30.0 Å². The van der Waals surface area contributed by atoms with Gasteiger partial charge in [0.15, 0.2) is 6.29 Å². The molecule has 1 rings (SSSR count). The van der Waals surface area contributed by atoms with Gasteiger partial charge in [0.2, 0.25) is 0 Å². The molecule has 0 bridgehead atoms. The lowest BCUT2D eigenvalue weighted by Crippen LogP contribution is -2.38. The maximum absolute atomic E-state index is 12.9. The number of aliphatic hydroxyl groups is 2. The summed E-state index contributed by atoms with van der Waals surface area (Å²) in [5, 5.41) is 18.4. The van der Waals surface area contributed by atoms with Crippen molar-refractivity contribution in [1.29, 1.82) is 0 Å². The van der Waals surface area contributed by atoms with Gasteiger partial charge in [-0.2, -0.15) is 13.2 Å². The first-order valence-corrected chi connectivity index (χ1v) is 6.63. The Morgan fingerprint density at radius 2 is 1.81 bits per heavy atom. The van der Waals surface area contributed by atoms with Crippen molar-refractivity contribution in [3.05, 3.63) is 28.8 Å². The Bertz CT molecular complexity index is 487. The molecule has 0 saturated carbocycles. The van der Waals surface area contributed by atoms with E-state index in [1.54, 1.807) is 26.0 Å². The average molecular weight is 327 g/mol. The molecule has 0 aliphatic heterocycles. The van der Waals surface area contributed by atoms with Crippen molar-refractivity contribution in [2.24, 2.45) is 5.92 Å². The number of alkyl halides is 3. The van der Waals surface area contributed by atoms with Crippen LogP contribution < -0.4 is 4.74 Å². The van der Waals surface area contributed by atoms with Gasteiger partial charge >= 0.3 is 6.18 Å². The first-order valence-electron chi connectivity index (χ1n) is 6.26. The molecule has 0 aliphatic rings. The standard InChI is InChI=1S/C14H18ClF3O3/c1-13(2,7-10(12(19)20)14(16,17)18)9-6-8(15)4-5-11(9)21-3/h4-6,10,12,19-20H,7H2,1-3H3. The molecule has 3 nitrogen and oxygen atoms in total. The van der Waals surface area contributed by atoms with E-state index in [2.05, 4.69) is 0 Å². The molecule has 1 atom stereocenters. The van der Waals surface area contributed by atoms with Crippen LogP contribution in [0.4, 0.5) is 13.2 Å². The van der Waals surface area contributed by atoms with Crippen molar-refractivity contribution < 1.29 is 28.1 Å². The summed E-state index contributed by atoms with van der Waals surface area (Å²) >= 11 is 5.89. The highest BCUT2D eigenvalue weighted by Gasteiger charge is 2.47. The largest absolute Gasteiger partial charge is 0.496 e. The Hall–Kier alpha value is -0.980. The molecule has 21 heavy (non-hydrogen) atoms. The Kier molecular flexibility index (Phi) is 5.52. The molecule has 1 aromatic rings. The van der Waals surface area contributed by atoms with E-state index < -0.39 is 30.2 Å². The predicted octanol–water partition coefficient (Wildman–Crippen LogP) is 3.51. The fraction of sp³-hybridized carbons (Fsp3) is 0.571. The van der Waals surface area contributed by atoms with Gasteiger partial charge in [-0.3, -0.25) is 0 Å². The van der Waals surface area contributed by atoms with Gasteiger partial charge in [-0.15, -0.1) is 0 Å². The number of hydrogen-bond acceptors (Lipinski definition) is 3. The molecule has 0 aliphatic carbocycles. The maximum Gasteiger partial charge on any atom is 0.396 e.